The van der Waals surface area contributed by atoms with Crippen LogP contribution in [-0.4, -0.2) is 17.8 Å². The van der Waals surface area contributed by atoms with Crippen LogP contribution in [0.3, 0.4) is 0 Å². The Balaban J connectivity index is 1.35. The van der Waals surface area contributed by atoms with Crippen LogP contribution >= 0.6 is 15.9 Å². The first-order chi connectivity index (χ1) is 19.0. The normalized spacial score (nSPS) is 14.3. The van der Waals surface area contributed by atoms with Gasteiger partial charge < -0.3 is 9.47 Å². The summed E-state index contributed by atoms with van der Waals surface area (Å²) >= 11 is 3.51. The van der Waals surface area contributed by atoms with E-state index in [4.69, 9.17) is 9.47 Å². The fourth-order valence-corrected chi connectivity index (χ4v) is 4.38. The maximum atomic E-state index is 13.4. The monoisotopic (exact) mass is 582 g/mol. The molecule has 0 aromatic heterocycles. The molecule has 4 aromatic rings. The number of hydrogen-bond acceptors (Lipinski definition) is 5. The summed E-state index contributed by atoms with van der Waals surface area (Å²) in [5.41, 5.74) is 2.61. The molecule has 1 saturated heterocycles. The first kappa shape index (κ1) is 25.9. The molecule has 4 aromatic carbocycles. The molecule has 1 aliphatic rings. The van der Waals surface area contributed by atoms with E-state index in [-0.39, 0.29) is 12.2 Å². The van der Waals surface area contributed by atoms with Crippen LogP contribution in [0.1, 0.15) is 16.7 Å². The molecular weight excluding hydrogens is 560 g/mol. The minimum atomic E-state index is -0.821. The van der Waals surface area contributed by atoms with Crippen LogP contribution < -0.4 is 19.7 Å². The molecule has 8 heteroatoms. The maximum absolute atomic E-state index is 13.4. The van der Waals surface area contributed by atoms with Crippen molar-refractivity contribution in [1.82, 2.24) is 5.32 Å². The van der Waals surface area contributed by atoms with Gasteiger partial charge in [0.2, 0.25) is 0 Å². The summed E-state index contributed by atoms with van der Waals surface area (Å²) < 4.78 is 12.7. The van der Waals surface area contributed by atoms with Gasteiger partial charge in [-0.25, -0.2) is 9.69 Å². The number of benzene rings is 4. The summed E-state index contributed by atoms with van der Waals surface area (Å²) in [6.07, 6.45) is 1.43. The number of para-hydroxylation sites is 1. The lowest BCUT2D eigenvalue weighted by atomic mass is 10.1. The van der Waals surface area contributed by atoms with E-state index in [0.717, 1.165) is 20.5 Å². The highest BCUT2D eigenvalue weighted by molar-refractivity contribution is 9.10. The number of carbonyl (C=O) groups excluding carboxylic acids is 3. The largest absolute Gasteiger partial charge is 0.489 e. The van der Waals surface area contributed by atoms with Gasteiger partial charge in [0, 0.05) is 15.6 Å². The molecular formula is C31H23BrN2O5. The second-order valence-electron chi connectivity index (χ2n) is 8.64. The van der Waals surface area contributed by atoms with Crippen LogP contribution in [-0.2, 0) is 22.8 Å². The minimum absolute atomic E-state index is 0.184. The quantitative estimate of drug-likeness (QED) is 0.195. The Kier molecular flexibility index (Phi) is 7.84. The van der Waals surface area contributed by atoms with Crippen LogP contribution in [0, 0.1) is 0 Å². The summed E-state index contributed by atoms with van der Waals surface area (Å²) in [6, 6.07) is 30.2. The fourth-order valence-electron chi connectivity index (χ4n) is 3.98. The third-order valence-electron chi connectivity index (χ3n) is 6.00. The minimum Gasteiger partial charge on any atom is -0.489 e. The van der Waals surface area contributed by atoms with Gasteiger partial charge in [0.1, 0.15) is 30.3 Å². The van der Waals surface area contributed by atoms with Gasteiger partial charge in [-0.15, -0.1) is 0 Å². The number of halogens is 1. The lowest BCUT2D eigenvalue weighted by molar-refractivity contribution is -0.122. The number of rotatable bonds is 8. The highest BCUT2D eigenvalue weighted by Crippen LogP contribution is 2.28. The number of carbonyl (C=O) groups is 3. The van der Waals surface area contributed by atoms with Crippen molar-refractivity contribution in [3.63, 3.8) is 0 Å². The SMILES string of the molecule is O=C1NC(=O)N(c2ccc(OCc3ccccc3)cc2)C(=O)/C1=C/c1ccccc1OCc1ccccc1Br. The molecule has 0 atom stereocenters. The third kappa shape index (κ3) is 6.08. The predicted molar refractivity (Wildman–Crippen MR) is 151 cm³/mol. The van der Waals surface area contributed by atoms with Gasteiger partial charge in [0.25, 0.3) is 11.8 Å². The number of urea groups is 1. The smallest absolute Gasteiger partial charge is 0.335 e. The topological polar surface area (TPSA) is 84.9 Å². The number of imide groups is 2. The zero-order chi connectivity index (χ0) is 27.2. The van der Waals surface area contributed by atoms with Gasteiger partial charge in [0.15, 0.2) is 0 Å². The molecule has 1 heterocycles. The second-order valence-corrected chi connectivity index (χ2v) is 9.50. The molecule has 0 radical (unpaired) electrons. The van der Waals surface area contributed by atoms with Crippen LogP contribution in [0.4, 0.5) is 10.5 Å². The Labute approximate surface area is 233 Å². The fraction of sp³-hybridized carbons (Fsp3) is 0.0645. The summed E-state index contributed by atoms with van der Waals surface area (Å²) in [6.45, 7) is 0.665. The van der Waals surface area contributed by atoms with Crippen LogP contribution in [0.15, 0.2) is 113 Å². The molecule has 0 spiro atoms. The number of amides is 4. The average molecular weight is 583 g/mol. The predicted octanol–water partition coefficient (Wildman–Crippen LogP) is 6.27. The lowest BCUT2D eigenvalue weighted by Crippen LogP contribution is -2.54. The Morgan fingerprint density at radius 3 is 2.21 bits per heavy atom. The first-order valence-corrected chi connectivity index (χ1v) is 12.9. The lowest BCUT2D eigenvalue weighted by Gasteiger charge is -2.26. The summed E-state index contributed by atoms with van der Waals surface area (Å²) in [5, 5.41) is 2.26. The Hall–Kier alpha value is -4.69. The van der Waals surface area contributed by atoms with Gasteiger partial charge in [-0.3, -0.25) is 14.9 Å². The number of nitrogens with one attached hydrogen (secondary N) is 1. The molecule has 194 valence electrons. The van der Waals surface area contributed by atoms with Gasteiger partial charge >= 0.3 is 6.03 Å². The van der Waals surface area contributed by atoms with E-state index in [0.29, 0.717) is 29.4 Å². The van der Waals surface area contributed by atoms with Gasteiger partial charge in [-0.05, 0) is 48.0 Å². The van der Waals surface area contributed by atoms with E-state index < -0.39 is 17.8 Å². The van der Waals surface area contributed by atoms with E-state index in [2.05, 4.69) is 21.2 Å². The van der Waals surface area contributed by atoms with Gasteiger partial charge in [-0.1, -0.05) is 82.7 Å². The zero-order valence-corrected chi connectivity index (χ0v) is 22.3. The number of ether oxygens (including phenoxy) is 2. The molecule has 0 aliphatic carbocycles. The van der Waals surface area contributed by atoms with Crippen LogP contribution in [0.5, 0.6) is 11.5 Å². The highest BCUT2D eigenvalue weighted by atomic mass is 79.9. The van der Waals surface area contributed by atoms with E-state index in [1.165, 1.54) is 6.08 Å². The van der Waals surface area contributed by atoms with Crippen molar-refractivity contribution < 1.29 is 23.9 Å². The molecule has 0 saturated carbocycles. The molecule has 1 fully saturated rings. The van der Waals surface area contributed by atoms with Crippen molar-refractivity contribution in [3.05, 3.63) is 130 Å². The van der Waals surface area contributed by atoms with E-state index >= 15 is 0 Å². The standard InChI is InChI=1S/C31H23BrN2O5/c32-27-12-6-4-11-23(27)20-39-28-13-7-5-10-22(28)18-26-29(35)33-31(37)34(30(26)36)24-14-16-25(17-15-24)38-19-21-8-2-1-3-9-21/h1-18H,19-20H2,(H,33,35,37)/b26-18+. The zero-order valence-electron chi connectivity index (χ0n) is 20.7. The van der Waals surface area contributed by atoms with Crippen molar-refractivity contribution in [1.29, 1.82) is 0 Å². The van der Waals surface area contributed by atoms with E-state index in [1.54, 1.807) is 48.5 Å². The first-order valence-electron chi connectivity index (χ1n) is 12.1. The van der Waals surface area contributed by atoms with E-state index in [9.17, 15) is 14.4 Å². The van der Waals surface area contributed by atoms with Gasteiger partial charge in [-0.2, -0.15) is 0 Å². The molecule has 1 aliphatic heterocycles. The molecule has 5 rings (SSSR count). The Bertz CT molecular complexity index is 1550. The number of barbiturate groups is 1. The molecule has 0 bridgehead atoms. The van der Waals surface area contributed by atoms with Crippen molar-refractivity contribution in [2.45, 2.75) is 13.2 Å². The van der Waals surface area contributed by atoms with Crippen molar-refractivity contribution in [2.75, 3.05) is 4.90 Å². The highest BCUT2D eigenvalue weighted by Gasteiger charge is 2.37. The molecule has 1 N–H and O–H groups in total. The number of hydrogen-bond donors (Lipinski definition) is 1. The number of anilines is 1. The van der Waals surface area contributed by atoms with Crippen LogP contribution in [0.25, 0.3) is 6.08 Å². The van der Waals surface area contributed by atoms with Gasteiger partial charge in [0.05, 0.1) is 5.69 Å². The molecule has 39 heavy (non-hydrogen) atoms. The maximum Gasteiger partial charge on any atom is 0.335 e. The Morgan fingerprint density at radius 1 is 0.744 bits per heavy atom. The van der Waals surface area contributed by atoms with Crippen molar-refractivity contribution >= 4 is 45.5 Å². The van der Waals surface area contributed by atoms with E-state index in [1.807, 2.05) is 54.6 Å². The Morgan fingerprint density at radius 2 is 1.44 bits per heavy atom. The summed E-state index contributed by atoms with van der Waals surface area (Å²) in [7, 11) is 0. The van der Waals surface area contributed by atoms with Crippen molar-refractivity contribution in [3.8, 4) is 11.5 Å². The third-order valence-corrected chi connectivity index (χ3v) is 6.78. The molecule has 4 amide bonds. The molecule has 0 unspecified atom stereocenters. The van der Waals surface area contributed by atoms with Crippen molar-refractivity contribution in [2.24, 2.45) is 0 Å². The number of nitrogens with zero attached hydrogens (tertiary/aromatic N) is 1. The summed E-state index contributed by atoms with van der Waals surface area (Å²) in [4.78, 5) is 39.7. The van der Waals surface area contributed by atoms with Crippen LogP contribution in [0.2, 0.25) is 0 Å². The summed E-state index contributed by atoms with van der Waals surface area (Å²) in [5.74, 6) is -0.438. The average Bonchev–Trinajstić information content (AvgIpc) is 2.95. The molecule has 7 nitrogen and oxygen atoms in total. The second kappa shape index (κ2) is 11.8.